The number of aliphatic hydroxyl groups excluding tert-OH is 1. The molecule has 0 aliphatic carbocycles. The van der Waals surface area contributed by atoms with Gasteiger partial charge in [0.2, 0.25) is 11.7 Å². The summed E-state index contributed by atoms with van der Waals surface area (Å²) < 4.78 is 35.8. The number of benzene rings is 2. The highest BCUT2D eigenvalue weighted by Crippen LogP contribution is 2.33. The number of hydrogen-bond donors (Lipinski definition) is 2. The zero-order valence-corrected chi connectivity index (χ0v) is 22.9. The smallest absolute Gasteiger partial charge is 0.255 e. The number of halogens is 3. The maximum atomic E-state index is 14.9. The molecule has 2 aliphatic heterocycles. The summed E-state index contributed by atoms with van der Waals surface area (Å²) in [5.74, 6) is -2.63. The highest BCUT2D eigenvalue weighted by atomic mass is 35.5. The molecule has 0 bridgehead atoms. The molecule has 2 aromatic carbocycles. The van der Waals surface area contributed by atoms with Crippen LogP contribution in [0.5, 0.6) is 5.75 Å². The lowest BCUT2D eigenvalue weighted by Crippen LogP contribution is -2.55. The first kappa shape index (κ1) is 28.0. The van der Waals surface area contributed by atoms with E-state index < -0.39 is 23.7 Å². The fourth-order valence-corrected chi connectivity index (χ4v) is 5.58. The Bertz CT molecular complexity index is 1440. The van der Waals surface area contributed by atoms with Crippen molar-refractivity contribution in [1.82, 2.24) is 24.7 Å². The van der Waals surface area contributed by atoms with Crippen LogP contribution in [0.4, 0.5) is 8.78 Å². The number of aliphatic hydroxyl groups is 1. The van der Waals surface area contributed by atoms with Crippen LogP contribution in [0, 0.1) is 24.5 Å². The van der Waals surface area contributed by atoms with Gasteiger partial charge in [0.15, 0.2) is 11.6 Å². The van der Waals surface area contributed by atoms with Gasteiger partial charge in [-0.3, -0.25) is 14.2 Å². The quantitative estimate of drug-likeness (QED) is 0.487. The van der Waals surface area contributed by atoms with E-state index in [2.05, 4.69) is 10.3 Å². The van der Waals surface area contributed by atoms with Gasteiger partial charge in [0.05, 0.1) is 41.6 Å². The maximum Gasteiger partial charge on any atom is 0.255 e. The highest BCUT2D eigenvalue weighted by molar-refractivity contribution is 6.34. The van der Waals surface area contributed by atoms with E-state index in [1.165, 1.54) is 25.4 Å². The zero-order chi connectivity index (χ0) is 28.6. The second-order valence-corrected chi connectivity index (χ2v) is 10.3. The number of methoxy groups -OCH3 is 1. The summed E-state index contributed by atoms with van der Waals surface area (Å²) >= 11 is 6.57. The van der Waals surface area contributed by atoms with E-state index in [1.54, 1.807) is 39.5 Å². The largest absolute Gasteiger partial charge is 0.494 e. The Kier molecular flexibility index (Phi) is 8.07. The lowest BCUT2D eigenvalue weighted by Gasteiger charge is -2.38. The van der Waals surface area contributed by atoms with Crippen molar-refractivity contribution < 1.29 is 28.2 Å². The minimum atomic E-state index is -1.10. The van der Waals surface area contributed by atoms with Crippen molar-refractivity contribution in [2.24, 2.45) is 5.92 Å². The van der Waals surface area contributed by atoms with Crippen LogP contribution in [-0.4, -0.2) is 88.8 Å². The number of hydrogen-bond acceptors (Lipinski definition) is 6. The molecule has 0 spiro atoms. The van der Waals surface area contributed by atoms with Gasteiger partial charge in [-0.05, 0) is 50.2 Å². The number of rotatable bonds is 5. The maximum absolute atomic E-state index is 14.9. The second kappa shape index (κ2) is 11.5. The normalized spacial score (nSPS) is 19.6. The average Bonchev–Trinajstić information content (AvgIpc) is 3.35. The molecule has 1 aromatic heterocycles. The Morgan fingerprint density at radius 2 is 1.82 bits per heavy atom. The number of piperidine rings is 1. The van der Waals surface area contributed by atoms with Crippen molar-refractivity contribution in [3.05, 3.63) is 64.6 Å². The van der Waals surface area contributed by atoms with Crippen molar-refractivity contribution in [1.29, 1.82) is 0 Å². The predicted octanol–water partition coefficient (Wildman–Crippen LogP) is 3.04. The van der Waals surface area contributed by atoms with Crippen molar-refractivity contribution in [2.45, 2.75) is 19.4 Å². The van der Waals surface area contributed by atoms with Crippen molar-refractivity contribution in [3.8, 4) is 22.7 Å². The summed E-state index contributed by atoms with van der Waals surface area (Å²) in [7, 11) is 1.26. The van der Waals surface area contributed by atoms with Crippen LogP contribution >= 0.6 is 11.6 Å². The Hall–Kier alpha value is -3.54. The first-order chi connectivity index (χ1) is 19.2. The number of aromatic nitrogens is 2. The van der Waals surface area contributed by atoms with Crippen LogP contribution in [0.2, 0.25) is 5.02 Å². The molecule has 0 saturated carbocycles. The van der Waals surface area contributed by atoms with E-state index in [0.29, 0.717) is 68.5 Å². The van der Waals surface area contributed by atoms with E-state index in [-0.39, 0.29) is 28.1 Å². The molecule has 12 heteroatoms. The van der Waals surface area contributed by atoms with Crippen molar-refractivity contribution >= 4 is 23.4 Å². The van der Waals surface area contributed by atoms with Crippen LogP contribution in [0.1, 0.15) is 22.6 Å². The fraction of sp³-hybridized carbons (Fsp3) is 0.393. The average molecular weight is 574 g/mol. The summed E-state index contributed by atoms with van der Waals surface area (Å²) in [6, 6.07) is 7.62. The molecule has 2 fully saturated rings. The van der Waals surface area contributed by atoms with Gasteiger partial charge in [0, 0.05) is 44.0 Å². The third-order valence-corrected chi connectivity index (χ3v) is 7.88. The van der Waals surface area contributed by atoms with Crippen LogP contribution in [0.15, 0.2) is 36.5 Å². The topological polar surface area (TPSA) is 99.9 Å². The Morgan fingerprint density at radius 1 is 1.10 bits per heavy atom. The van der Waals surface area contributed by atoms with Gasteiger partial charge in [-0.1, -0.05) is 11.6 Å². The molecule has 5 rings (SSSR count). The van der Waals surface area contributed by atoms with Crippen LogP contribution in [0.25, 0.3) is 16.9 Å². The van der Waals surface area contributed by atoms with Gasteiger partial charge in [-0.2, -0.15) is 4.39 Å². The first-order valence-electron chi connectivity index (χ1n) is 13.0. The van der Waals surface area contributed by atoms with Crippen molar-refractivity contribution in [2.75, 3.05) is 46.4 Å². The Labute approximate surface area is 235 Å². The van der Waals surface area contributed by atoms with Crippen LogP contribution in [-0.2, 0) is 4.79 Å². The lowest BCUT2D eigenvalue weighted by molar-refractivity contribution is -0.141. The van der Waals surface area contributed by atoms with Crippen molar-refractivity contribution in [3.63, 3.8) is 0 Å². The molecule has 2 aliphatic rings. The number of β-amino-alcohol motifs (C(OH)–C–C–N with tert-alkyl or cyclic N) is 1. The minimum Gasteiger partial charge on any atom is -0.494 e. The molecular formula is C28H30ClF2N5O4. The number of nitrogens with zero attached hydrogens (tertiary/aromatic N) is 4. The molecule has 2 N–H and O–H groups in total. The Balaban J connectivity index is 1.32. The molecular weight excluding hydrogens is 544 g/mol. The third-order valence-electron chi connectivity index (χ3n) is 7.57. The number of piperazine rings is 1. The van der Waals surface area contributed by atoms with Gasteiger partial charge in [-0.25, -0.2) is 9.37 Å². The zero-order valence-electron chi connectivity index (χ0n) is 22.2. The summed E-state index contributed by atoms with van der Waals surface area (Å²) in [4.78, 5) is 33.8. The van der Waals surface area contributed by atoms with E-state index in [9.17, 15) is 23.5 Å². The third kappa shape index (κ3) is 5.16. The number of amides is 2. The van der Waals surface area contributed by atoms with Crippen LogP contribution in [0.3, 0.4) is 0 Å². The monoisotopic (exact) mass is 573 g/mol. The predicted molar refractivity (Wildman–Crippen MR) is 145 cm³/mol. The first-order valence-corrected chi connectivity index (χ1v) is 13.4. The molecule has 0 unspecified atom stereocenters. The van der Waals surface area contributed by atoms with E-state index in [0.717, 1.165) is 0 Å². The molecule has 3 aromatic rings. The molecule has 2 amide bonds. The Morgan fingerprint density at radius 3 is 2.50 bits per heavy atom. The molecule has 40 heavy (non-hydrogen) atoms. The number of carbonyl (C=O) groups is 2. The molecule has 2 atom stereocenters. The minimum absolute atomic E-state index is 0.000369. The summed E-state index contributed by atoms with van der Waals surface area (Å²) in [6.45, 7) is 4.24. The molecule has 9 nitrogen and oxygen atoms in total. The van der Waals surface area contributed by atoms with Gasteiger partial charge in [0.25, 0.3) is 5.91 Å². The van der Waals surface area contributed by atoms with E-state index in [4.69, 9.17) is 16.3 Å². The SMILES string of the molecule is COc1ccc(-c2cnc(C)n2-c2ccc(C(=O)N3CCN(C(=O)[C@H]4CCNC[C@H]4O)CC3)c(Cl)c2)c(F)c1F. The van der Waals surface area contributed by atoms with Gasteiger partial charge in [-0.15, -0.1) is 0 Å². The summed E-state index contributed by atoms with van der Waals surface area (Å²) in [5, 5.41) is 13.5. The summed E-state index contributed by atoms with van der Waals surface area (Å²) in [6.07, 6.45) is 1.31. The number of imidazole rings is 1. The number of ether oxygens (including phenoxy) is 1. The lowest BCUT2D eigenvalue weighted by atomic mass is 9.93. The van der Waals surface area contributed by atoms with Gasteiger partial charge >= 0.3 is 0 Å². The molecule has 0 radical (unpaired) electrons. The highest BCUT2D eigenvalue weighted by Gasteiger charge is 2.35. The van der Waals surface area contributed by atoms with E-state index >= 15 is 0 Å². The van der Waals surface area contributed by atoms with E-state index in [1.807, 2.05) is 0 Å². The van der Waals surface area contributed by atoms with Gasteiger partial charge < -0.3 is 25.0 Å². The fourth-order valence-electron chi connectivity index (χ4n) is 5.33. The van der Waals surface area contributed by atoms with Crippen LogP contribution < -0.4 is 10.1 Å². The molecule has 2 saturated heterocycles. The molecule has 212 valence electrons. The standard InChI is InChI=1S/C28H30ClF2N5O4/c1-16-33-14-22(19-5-6-24(40-2)26(31)25(19)30)36(16)17-3-4-18(21(29)13-17)27(38)34-9-11-35(12-10-34)28(39)20-7-8-32-15-23(20)37/h3-6,13-14,20,23,32,37H,7-12,15H2,1-2H3/t20-,23+/m0/s1. The summed E-state index contributed by atoms with van der Waals surface area (Å²) in [5.41, 5.74) is 1.13. The number of carbonyl (C=O) groups excluding carboxylic acids is 2. The number of nitrogens with one attached hydrogen (secondary N) is 1. The van der Waals surface area contributed by atoms with Gasteiger partial charge in [0.1, 0.15) is 5.82 Å². The number of aryl methyl sites for hydroxylation is 1. The molecule has 3 heterocycles. The second-order valence-electron chi connectivity index (χ2n) is 9.92.